The van der Waals surface area contributed by atoms with Gasteiger partial charge in [0.15, 0.2) is 0 Å². The highest BCUT2D eigenvalue weighted by molar-refractivity contribution is 7.88. The Hall–Kier alpha value is -2.06. The summed E-state index contributed by atoms with van der Waals surface area (Å²) in [5.74, 6) is 1.10. The van der Waals surface area contributed by atoms with Crippen molar-refractivity contribution in [3.63, 3.8) is 0 Å². The van der Waals surface area contributed by atoms with Gasteiger partial charge in [-0.3, -0.25) is 4.79 Å². The number of benzene rings is 1. The molecular weight excluding hydrogens is 344 g/mol. The number of hydrogen-bond acceptors (Lipinski definition) is 5. The first kappa shape index (κ1) is 19.3. The first-order valence-corrected chi connectivity index (χ1v) is 9.84. The van der Waals surface area contributed by atoms with E-state index in [9.17, 15) is 13.2 Å². The summed E-state index contributed by atoms with van der Waals surface area (Å²) in [6.07, 6.45) is 5.53. The normalized spacial score (nSPS) is 16.8. The molecule has 8 heteroatoms. The second kappa shape index (κ2) is 8.35. The van der Waals surface area contributed by atoms with Gasteiger partial charge in [0.05, 0.1) is 20.5 Å². The van der Waals surface area contributed by atoms with Crippen molar-refractivity contribution in [2.75, 3.05) is 33.6 Å². The number of carbonyl (C=O) groups excluding carboxylic acids is 1. The fraction of sp³-hybridized carbons (Fsp3) is 0.471. The van der Waals surface area contributed by atoms with Gasteiger partial charge in [-0.2, -0.15) is 0 Å². The van der Waals surface area contributed by atoms with Crippen LogP contribution in [0.5, 0.6) is 11.5 Å². The van der Waals surface area contributed by atoms with Crippen molar-refractivity contribution in [2.45, 2.75) is 18.9 Å². The van der Waals surface area contributed by atoms with E-state index in [4.69, 9.17) is 9.47 Å². The predicted octanol–water partition coefficient (Wildman–Crippen LogP) is 1.26. The average molecular weight is 368 g/mol. The summed E-state index contributed by atoms with van der Waals surface area (Å²) in [5, 5.41) is 2.91. The fourth-order valence-electron chi connectivity index (χ4n) is 2.72. The summed E-state index contributed by atoms with van der Waals surface area (Å²) in [6.45, 7) is 0.856. The Morgan fingerprint density at radius 2 is 1.92 bits per heavy atom. The van der Waals surface area contributed by atoms with Crippen molar-refractivity contribution in [3.8, 4) is 11.5 Å². The maximum absolute atomic E-state index is 12.1. The number of nitrogens with zero attached hydrogens (tertiary/aromatic N) is 1. The van der Waals surface area contributed by atoms with Gasteiger partial charge in [0.25, 0.3) is 0 Å². The minimum atomic E-state index is -3.16. The minimum absolute atomic E-state index is 0.0256. The summed E-state index contributed by atoms with van der Waals surface area (Å²) in [4.78, 5) is 12.1. The third-order valence-electron chi connectivity index (χ3n) is 4.12. The van der Waals surface area contributed by atoms with Gasteiger partial charge in [0, 0.05) is 30.8 Å². The standard InChI is InChI=1S/C17H24N2O5S/c1-23-15-5-6-16(24-2)13(12-15)4-7-17(20)18-14-8-10-19(11-9-14)25(3,21)22/h4-7,12,14H,8-11H2,1-3H3,(H,18,20)/b7-4+. The Bertz CT molecular complexity index is 737. The van der Waals surface area contributed by atoms with E-state index >= 15 is 0 Å². The van der Waals surface area contributed by atoms with Crippen LogP contribution in [0.3, 0.4) is 0 Å². The molecule has 0 aliphatic carbocycles. The van der Waals surface area contributed by atoms with E-state index in [1.165, 1.54) is 16.6 Å². The Morgan fingerprint density at radius 1 is 1.24 bits per heavy atom. The molecule has 1 fully saturated rings. The lowest BCUT2D eigenvalue weighted by Crippen LogP contribution is -2.45. The molecule has 0 radical (unpaired) electrons. The van der Waals surface area contributed by atoms with Crippen LogP contribution in [0.1, 0.15) is 18.4 Å². The van der Waals surface area contributed by atoms with Crippen LogP contribution >= 0.6 is 0 Å². The molecule has 1 heterocycles. The number of hydrogen-bond donors (Lipinski definition) is 1. The second-order valence-corrected chi connectivity index (χ2v) is 7.87. The van der Waals surface area contributed by atoms with E-state index < -0.39 is 10.0 Å². The summed E-state index contributed by atoms with van der Waals surface area (Å²) in [6, 6.07) is 5.32. The molecule has 1 amide bonds. The number of rotatable bonds is 6. The van der Waals surface area contributed by atoms with E-state index in [0.29, 0.717) is 37.4 Å². The quantitative estimate of drug-likeness (QED) is 0.764. The first-order valence-electron chi connectivity index (χ1n) is 7.99. The number of methoxy groups -OCH3 is 2. The van der Waals surface area contributed by atoms with E-state index in [2.05, 4.69) is 5.32 Å². The minimum Gasteiger partial charge on any atom is -0.497 e. The summed E-state index contributed by atoms with van der Waals surface area (Å²) < 4.78 is 34.9. The van der Waals surface area contributed by atoms with Crippen molar-refractivity contribution in [2.24, 2.45) is 0 Å². The Labute approximate surface area is 148 Å². The molecule has 7 nitrogen and oxygen atoms in total. The van der Waals surface area contributed by atoms with E-state index in [0.717, 1.165) is 5.56 Å². The molecule has 0 spiro atoms. The van der Waals surface area contributed by atoms with Crippen LogP contribution in [-0.2, 0) is 14.8 Å². The molecule has 1 aliphatic heterocycles. The van der Waals surface area contributed by atoms with Crippen molar-refractivity contribution in [1.29, 1.82) is 0 Å². The lowest BCUT2D eigenvalue weighted by Gasteiger charge is -2.30. The molecule has 0 unspecified atom stereocenters. The van der Waals surface area contributed by atoms with Gasteiger partial charge in [-0.25, -0.2) is 12.7 Å². The van der Waals surface area contributed by atoms with Gasteiger partial charge >= 0.3 is 0 Å². The Morgan fingerprint density at radius 3 is 2.48 bits per heavy atom. The highest BCUT2D eigenvalue weighted by Crippen LogP contribution is 2.25. The fourth-order valence-corrected chi connectivity index (χ4v) is 3.59. The molecule has 1 aromatic carbocycles. The zero-order valence-corrected chi connectivity index (χ0v) is 15.5. The predicted molar refractivity (Wildman–Crippen MR) is 96.2 cm³/mol. The van der Waals surface area contributed by atoms with Gasteiger partial charge in [-0.15, -0.1) is 0 Å². The first-order chi connectivity index (χ1) is 11.8. The van der Waals surface area contributed by atoms with E-state index in [1.54, 1.807) is 38.5 Å². The van der Waals surface area contributed by atoms with Crippen LogP contribution < -0.4 is 14.8 Å². The van der Waals surface area contributed by atoms with Crippen molar-refractivity contribution in [3.05, 3.63) is 29.8 Å². The molecule has 0 atom stereocenters. The molecule has 1 saturated heterocycles. The number of nitrogens with one attached hydrogen (secondary N) is 1. The van der Waals surface area contributed by atoms with Crippen LogP contribution in [0.4, 0.5) is 0 Å². The van der Waals surface area contributed by atoms with Crippen LogP contribution in [0.15, 0.2) is 24.3 Å². The zero-order valence-electron chi connectivity index (χ0n) is 14.7. The second-order valence-electron chi connectivity index (χ2n) is 5.89. The van der Waals surface area contributed by atoms with Crippen molar-refractivity contribution in [1.82, 2.24) is 9.62 Å². The average Bonchev–Trinajstić information content (AvgIpc) is 2.59. The SMILES string of the molecule is COc1ccc(OC)c(/C=C/C(=O)NC2CCN(S(C)(=O)=O)CC2)c1. The highest BCUT2D eigenvalue weighted by atomic mass is 32.2. The number of amides is 1. The highest BCUT2D eigenvalue weighted by Gasteiger charge is 2.25. The topological polar surface area (TPSA) is 84.9 Å². The molecule has 25 heavy (non-hydrogen) atoms. The maximum Gasteiger partial charge on any atom is 0.244 e. The van der Waals surface area contributed by atoms with E-state index in [-0.39, 0.29) is 11.9 Å². The molecular formula is C17H24N2O5S. The van der Waals surface area contributed by atoms with Crippen LogP contribution in [0.25, 0.3) is 6.08 Å². The molecule has 0 saturated carbocycles. The zero-order chi connectivity index (χ0) is 18.4. The molecule has 0 bridgehead atoms. The third kappa shape index (κ3) is 5.47. The Balaban J connectivity index is 1.94. The van der Waals surface area contributed by atoms with Crippen LogP contribution in [-0.4, -0.2) is 58.2 Å². The Kier molecular flexibility index (Phi) is 6.44. The smallest absolute Gasteiger partial charge is 0.244 e. The summed E-state index contributed by atoms with van der Waals surface area (Å²) in [7, 11) is -0.0189. The monoisotopic (exact) mass is 368 g/mol. The number of piperidine rings is 1. The number of carbonyl (C=O) groups is 1. The summed E-state index contributed by atoms with van der Waals surface area (Å²) in [5.41, 5.74) is 0.740. The van der Waals surface area contributed by atoms with Crippen molar-refractivity contribution >= 4 is 22.0 Å². The van der Waals surface area contributed by atoms with Gasteiger partial charge in [0.2, 0.25) is 15.9 Å². The lowest BCUT2D eigenvalue weighted by atomic mass is 10.1. The molecule has 138 valence electrons. The largest absolute Gasteiger partial charge is 0.497 e. The molecule has 0 aromatic heterocycles. The molecule has 1 aliphatic rings. The molecule has 1 aromatic rings. The van der Waals surface area contributed by atoms with Crippen LogP contribution in [0.2, 0.25) is 0 Å². The van der Waals surface area contributed by atoms with Crippen molar-refractivity contribution < 1.29 is 22.7 Å². The summed E-state index contributed by atoms with van der Waals surface area (Å²) >= 11 is 0. The van der Waals surface area contributed by atoms with Gasteiger partial charge in [-0.05, 0) is 37.1 Å². The van der Waals surface area contributed by atoms with Crippen LogP contribution in [0, 0.1) is 0 Å². The maximum atomic E-state index is 12.1. The number of ether oxygens (including phenoxy) is 2. The lowest BCUT2D eigenvalue weighted by molar-refractivity contribution is -0.117. The van der Waals surface area contributed by atoms with E-state index in [1.807, 2.05) is 0 Å². The third-order valence-corrected chi connectivity index (χ3v) is 5.42. The molecule has 2 rings (SSSR count). The number of sulfonamides is 1. The van der Waals surface area contributed by atoms with Gasteiger partial charge in [-0.1, -0.05) is 0 Å². The van der Waals surface area contributed by atoms with Gasteiger partial charge < -0.3 is 14.8 Å². The van der Waals surface area contributed by atoms with Gasteiger partial charge in [0.1, 0.15) is 11.5 Å². The molecule has 1 N–H and O–H groups in total.